The molecule has 1 amide bonds. The van der Waals surface area contributed by atoms with Gasteiger partial charge < -0.3 is 10.2 Å². The Morgan fingerprint density at radius 3 is 2.43 bits per heavy atom. The Labute approximate surface area is 181 Å². The predicted molar refractivity (Wildman–Crippen MR) is 124 cm³/mol. The third kappa shape index (κ3) is 5.19. The number of carbonyl (C=O) groups excluding carboxylic acids is 1. The molecular formula is C24H26N4OS. The summed E-state index contributed by atoms with van der Waals surface area (Å²) in [7, 11) is 0. The van der Waals surface area contributed by atoms with E-state index in [1.807, 2.05) is 43.3 Å². The van der Waals surface area contributed by atoms with E-state index in [-0.39, 0.29) is 5.91 Å². The largest absolute Gasteiger partial charge is 0.372 e. The average Bonchev–Trinajstić information content (AvgIpc) is 2.80. The molecule has 5 nitrogen and oxygen atoms in total. The molecule has 3 aromatic rings. The third-order valence-corrected chi connectivity index (χ3v) is 6.21. The van der Waals surface area contributed by atoms with E-state index in [2.05, 4.69) is 44.7 Å². The van der Waals surface area contributed by atoms with Gasteiger partial charge >= 0.3 is 0 Å². The van der Waals surface area contributed by atoms with E-state index >= 15 is 0 Å². The van der Waals surface area contributed by atoms with Crippen LogP contribution >= 0.6 is 11.8 Å². The van der Waals surface area contributed by atoms with Gasteiger partial charge in [0, 0.05) is 30.0 Å². The highest BCUT2D eigenvalue weighted by molar-refractivity contribution is 7.99. The molecule has 0 unspecified atom stereocenters. The summed E-state index contributed by atoms with van der Waals surface area (Å²) in [5.41, 5.74) is 5.06. The van der Waals surface area contributed by atoms with Crippen LogP contribution in [0.4, 0.5) is 11.4 Å². The summed E-state index contributed by atoms with van der Waals surface area (Å²) >= 11 is 1.39. The highest BCUT2D eigenvalue weighted by atomic mass is 32.2. The average molecular weight is 419 g/mol. The van der Waals surface area contributed by atoms with E-state index in [9.17, 15) is 4.79 Å². The number of aromatic nitrogens is 2. The fourth-order valence-electron chi connectivity index (χ4n) is 3.59. The number of para-hydroxylation sites is 1. The van der Waals surface area contributed by atoms with Gasteiger partial charge in [-0.05, 0) is 62.1 Å². The van der Waals surface area contributed by atoms with Crippen LogP contribution in [0.25, 0.3) is 11.3 Å². The van der Waals surface area contributed by atoms with Gasteiger partial charge in [-0.1, -0.05) is 42.1 Å². The summed E-state index contributed by atoms with van der Waals surface area (Å²) in [4.78, 5) is 14.6. The van der Waals surface area contributed by atoms with Gasteiger partial charge in [0.15, 0.2) is 0 Å². The zero-order valence-corrected chi connectivity index (χ0v) is 18.0. The molecule has 4 rings (SSSR count). The fraction of sp³-hybridized carbons (Fsp3) is 0.292. The van der Waals surface area contributed by atoms with Gasteiger partial charge in [0.1, 0.15) is 5.03 Å². The van der Waals surface area contributed by atoms with Gasteiger partial charge in [-0.3, -0.25) is 4.79 Å². The number of piperidine rings is 1. The minimum atomic E-state index is -0.0477. The van der Waals surface area contributed by atoms with Crippen LogP contribution in [-0.4, -0.2) is 34.9 Å². The number of hydrogen-bond donors (Lipinski definition) is 1. The minimum absolute atomic E-state index is 0.0477. The molecule has 1 fully saturated rings. The van der Waals surface area contributed by atoms with E-state index < -0.39 is 0 Å². The smallest absolute Gasteiger partial charge is 0.234 e. The Hall–Kier alpha value is -2.86. The van der Waals surface area contributed by atoms with Crippen molar-refractivity contribution in [3.05, 3.63) is 66.2 Å². The number of carbonyl (C=O) groups is 1. The molecular weight excluding hydrogens is 392 g/mol. The van der Waals surface area contributed by atoms with Gasteiger partial charge in [0.2, 0.25) is 5.91 Å². The molecule has 1 aromatic heterocycles. The normalized spacial score (nSPS) is 13.8. The number of aryl methyl sites for hydroxylation is 1. The second-order valence-corrected chi connectivity index (χ2v) is 8.50. The SMILES string of the molecule is Cc1ccccc1NC(=O)CSc1ccc(-c2ccc(N3CCCCC3)cc2)nn1. The number of nitrogens with zero attached hydrogens (tertiary/aromatic N) is 3. The van der Waals surface area contributed by atoms with Crippen LogP contribution in [-0.2, 0) is 4.79 Å². The van der Waals surface area contributed by atoms with Crippen LogP contribution in [0, 0.1) is 6.92 Å². The molecule has 1 aliphatic heterocycles. The first-order valence-electron chi connectivity index (χ1n) is 10.4. The highest BCUT2D eigenvalue weighted by Crippen LogP contribution is 2.25. The van der Waals surface area contributed by atoms with Gasteiger partial charge in [-0.15, -0.1) is 10.2 Å². The molecule has 0 saturated carbocycles. The maximum Gasteiger partial charge on any atom is 0.234 e. The van der Waals surface area contributed by atoms with Crippen molar-refractivity contribution in [2.45, 2.75) is 31.2 Å². The van der Waals surface area contributed by atoms with Crippen LogP contribution in [0.1, 0.15) is 24.8 Å². The Kier molecular flexibility index (Phi) is 6.64. The lowest BCUT2D eigenvalue weighted by Crippen LogP contribution is -2.29. The summed E-state index contributed by atoms with van der Waals surface area (Å²) < 4.78 is 0. The van der Waals surface area contributed by atoms with Crippen LogP contribution in [0.15, 0.2) is 65.7 Å². The maximum atomic E-state index is 12.2. The first-order chi connectivity index (χ1) is 14.7. The van der Waals surface area contributed by atoms with Crippen molar-refractivity contribution < 1.29 is 4.79 Å². The Morgan fingerprint density at radius 2 is 1.73 bits per heavy atom. The summed E-state index contributed by atoms with van der Waals surface area (Å²) in [6.07, 6.45) is 3.88. The summed E-state index contributed by atoms with van der Waals surface area (Å²) in [6, 6.07) is 20.2. The predicted octanol–water partition coefficient (Wildman–Crippen LogP) is 5.17. The number of amides is 1. The molecule has 0 bridgehead atoms. The zero-order valence-electron chi connectivity index (χ0n) is 17.2. The molecule has 0 radical (unpaired) electrons. The Morgan fingerprint density at radius 1 is 0.967 bits per heavy atom. The number of thioether (sulfide) groups is 1. The van der Waals surface area contributed by atoms with Crippen molar-refractivity contribution in [3.8, 4) is 11.3 Å². The summed E-state index contributed by atoms with van der Waals surface area (Å²) in [5, 5.41) is 12.3. The fourth-order valence-corrected chi connectivity index (χ4v) is 4.20. The number of anilines is 2. The number of nitrogens with one attached hydrogen (secondary N) is 1. The molecule has 30 heavy (non-hydrogen) atoms. The van der Waals surface area contributed by atoms with Crippen LogP contribution in [0.3, 0.4) is 0 Å². The molecule has 2 aromatic carbocycles. The van der Waals surface area contributed by atoms with Crippen molar-refractivity contribution in [2.24, 2.45) is 0 Å². The van der Waals surface area contributed by atoms with Gasteiger partial charge in [-0.25, -0.2) is 0 Å². The van der Waals surface area contributed by atoms with E-state index in [4.69, 9.17) is 0 Å². The molecule has 0 spiro atoms. The molecule has 154 valence electrons. The van der Waals surface area contributed by atoms with Crippen molar-refractivity contribution >= 4 is 29.0 Å². The maximum absolute atomic E-state index is 12.2. The lowest BCUT2D eigenvalue weighted by Gasteiger charge is -2.28. The molecule has 1 saturated heterocycles. The quantitative estimate of drug-likeness (QED) is 0.560. The number of hydrogen-bond acceptors (Lipinski definition) is 5. The molecule has 0 atom stereocenters. The van der Waals surface area contributed by atoms with E-state index in [0.29, 0.717) is 5.75 Å². The second kappa shape index (κ2) is 9.76. The van der Waals surface area contributed by atoms with E-state index in [1.54, 1.807) is 0 Å². The first-order valence-corrected chi connectivity index (χ1v) is 11.3. The highest BCUT2D eigenvalue weighted by Gasteiger charge is 2.11. The molecule has 1 N–H and O–H groups in total. The van der Waals surface area contributed by atoms with Crippen molar-refractivity contribution in [3.63, 3.8) is 0 Å². The zero-order chi connectivity index (χ0) is 20.8. The number of benzene rings is 2. The van der Waals surface area contributed by atoms with Crippen LogP contribution in [0.2, 0.25) is 0 Å². The first kappa shape index (κ1) is 20.4. The van der Waals surface area contributed by atoms with Crippen LogP contribution in [0.5, 0.6) is 0 Å². The van der Waals surface area contributed by atoms with Crippen LogP contribution < -0.4 is 10.2 Å². The van der Waals surface area contributed by atoms with E-state index in [0.717, 1.165) is 40.6 Å². The van der Waals surface area contributed by atoms with E-state index in [1.165, 1.54) is 36.7 Å². The van der Waals surface area contributed by atoms with Gasteiger partial charge in [0.05, 0.1) is 11.4 Å². The number of rotatable bonds is 6. The van der Waals surface area contributed by atoms with Gasteiger partial charge in [-0.2, -0.15) is 0 Å². The second-order valence-electron chi connectivity index (χ2n) is 7.50. The standard InChI is InChI=1S/C24H26N4OS/c1-18-7-3-4-8-21(18)25-23(29)17-30-24-14-13-22(26-27-24)19-9-11-20(12-10-19)28-15-5-2-6-16-28/h3-4,7-14H,2,5-6,15-17H2,1H3,(H,25,29). The topological polar surface area (TPSA) is 58.1 Å². The summed E-state index contributed by atoms with van der Waals surface area (Å²) in [5.74, 6) is 0.251. The molecule has 1 aliphatic rings. The summed E-state index contributed by atoms with van der Waals surface area (Å²) in [6.45, 7) is 4.26. The molecule has 0 aliphatic carbocycles. The monoisotopic (exact) mass is 418 g/mol. The van der Waals surface area contributed by atoms with Crippen molar-refractivity contribution in [1.82, 2.24) is 10.2 Å². The van der Waals surface area contributed by atoms with Gasteiger partial charge in [0.25, 0.3) is 0 Å². The third-order valence-electron chi connectivity index (χ3n) is 5.29. The minimum Gasteiger partial charge on any atom is -0.372 e. The molecule has 2 heterocycles. The van der Waals surface area contributed by atoms with Crippen molar-refractivity contribution in [2.75, 3.05) is 29.1 Å². The Bertz CT molecular complexity index is 983. The van der Waals surface area contributed by atoms with Crippen molar-refractivity contribution in [1.29, 1.82) is 0 Å². The molecule has 6 heteroatoms. The lowest BCUT2D eigenvalue weighted by atomic mass is 10.1. The lowest BCUT2D eigenvalue weighted by molar-refractivity contribution is -0.113. The Balaban J connectivity index is 1.32.